The maximum Gasteiger partial charge on any atom is 0.131 e. The largest absolute Gasteiger partial charge is 0.383 e. The van der Waals surface area contributed by atoms with E-state index in [9.17, 15) is 0 Å². The first-order chi connectivity index (χ1) is 8.50. The van der Waals surface area contributed by atoms with Crippen LogP contribution >= 0.6 is 11.6 Å². The van der Waals surface area contributed by atoms with Gasteiger partial charge in [-0.15, -0.1) is 0 Å². The summed E-state index contributed by atoms with van der Waals surface area (Å²) in [6.07, 6.45) is 2.10. The van der Waals surface area contributed by atoms with Crippen molar-refractivity contribution in [1.82, 2.24) is 9.78 Å². The van der Waals surface area contributed by atoms with Crippen LogP contribution in [0.4, 0.5) is 5.82 Å². The van der Waals surface area contributed by atoms with E-state index in [1.165, 1.54) is 5.56 Å². The van der Waals surface area contributed by atoms with Gasteiger partial charge in [0.2, 0.25) is 0 Å². The molecule has 0 atom stereocenters. The first-order valence-corrected chi connectivity index (χ1v) is 6.51. The molecule has 0 aliphatic heterocycles. The van der Waals surface area contributed by atoms with Crippen LogP contribution in [0.15, 0.2) is 24.3 Å². The van der Waals surface area contributed by atoms with Crippen LogP contribution in [0.3, 0.4) is 0 Å². The Labute approximate surface area is 112 Å². The first kappa shape index (κ1) is 11.6. The van der Waals surface area contributed by atoms with Gasteiger partial charge in [0.25, 0.3) is 0 Å². The molecule has 2 N–H and O–H groups in total. The number of hydrogen-bond acceptors (Lipinski definition) is 2. The second kappa shape index (κ2) is 3.75. The Balaban J connectivity index is 2.20. The molecule has 2 aromatic rings. The standard InChI is InChI=1S/C14H16ClN3/c1-14(2)8-7-10-12(14)13(16)18(17-10)11-6-4-3-5-9(11)15/h3-6H,7-8,16H2,1-2H3. The summed E-state index contributed by atoms with van der Waals surface area (Å²) >= 11 is 6.21. The van der Waals surface area contributed by atoms with Gasteiger partial charge in [-0.2, -0.15) is 5.10 Å². The number of halogens is 1. The summed E-state index contributed by atoms with van der Waals surface area (Å²) in [4.78, 5) is 0. The van der Waals surface area contributed by atoms with E-state index >= 15 is 0 Å². The van der Waals surface area contributed by atoms with Gasteiger partial charge in [0, 0.05) is 5.56 Å². The molecule has 3 rings (SSSR count). The second-order valence-electron chi connectivity index (χ2n) is 5.45. The zero-order valence-corrected chi connectivity index (χ0v) is 11.3. The molecule has 4 heteroatoms. The lowest BCUT2D eigenvalue weighted by molar-refractivity contribution is 0.519. The first-order valence-electron chi connectivity index (χ1n) is 6.13. The van der Waals surface area contributed by atoms with Crippen molar-refractivity contribution in [2.75, 3.05) is 5.73 Å². The Morgan fingerprint density at radius 2 is 2.06 bits per heavy atom. The van der Waals surface area contributed by atoms with Crippen molar-refractivity contribution in [3.05, 3.63) is 40.5 Å². The Morgan fingerprint density at radius 3 is 2.72 bits per heavy atom. The predicted octanol–water partition coefficient (Wildman–Crippen LogP) is 3.33. The molecule has 1 heterocycles. The van der Waals surface area contributed by atoms with Gasteiger partial charge in [0.1, 0.15) is 5.82 Å². The van der Waals surface area contributed by atoms with Crippen molar-refractivity contribution >= 4 is 17.4 Å². The molecule has 0 radical (unpaired) electrons. The van der Waals surface area contributed by atoms with E-state index in [1.807, 2.05) is 24.3 Å². The van der Waals surface area contributed by atoms with E-state index in [0.717, 1.165) is 30.0 Å². The van der Waals surface area contributed by atoms with Crippen LogP contribution in [0.1, 0.15) is 31.5 Å². The molecule has 1 aromatic heterocycles. The molecule has 0 unspecified atom stereocenters. The molecule has 3 nitrogen and oxygen atoms in total. The SMILES string of the molecule is CC1(C)CCc2nn(-c3ccccc3Cl)c(N)c21. The average molecular weight is 262 g/mol. The fourth-order valence-corrected chi connectivity index (χ4v) is 2.97. The molecule has 0 spiro atoms. The minimum atomic E-state index is 0.110. The molecular weight excluding hydrogens is 246 g/mol. The summed E-state index contributed by atoms with van der Waals surface area (Å²) in [6, 6.07) is 7.64. The van der Waals surface area contributed by atoms with E-state index < -0.39 is 0 Å². The van der Waals surface area contributed by atoms with E-state index in [1.54, 1.807) is 4.68 Å². The quantitative estimate of drug-likeness (QED) is 0.856. The summed E-state index contributed by atoms with van der Waals surface area (Å²) in [7, 11) is 0. The highest BCUT2D eigenvalue weighted by molar-refractivity contribution is 6.32. The number of nitrogens with two attached hydrogens (primary N) is 1. The molecule has 0 saturated carbocycles. The zero-order valence-electron chi connectivity index (χ0n) is 10.6. The summed E-state index contributed by atoms with van der Waals surface area (Å²) in [5.41, 5.74) is 9.52. The highest BCUT2D eigenvalue weighted by Crippen LogP contribution is 2.42. The average Bonchev–Trinajstić information content (AvgIpc) is 2.80. The molecule has 1 aliphatic carbocycles. The third-order valence-electron chi connectivity index (χ3n) is 3.74. The highest BCUT2D eigenvalue weighted by Gasteiger charge is 2.36. The smallest absolute Gasteiger partial charge is 0.131 e. The number of para-hydroxylation sites is 1. The lowest BCUT2D eigenvalue weighted by Gasteiger charge is -2.18. The van der Waals surface area contributed by atoms with Gasteiger partial charge in [-0.25, -0.2) is 4.68 Å². The van der Waals surface area contributed by atoms with Gasteiger partial charge in [0.05, 0.1) is 16.4 Å². The van der Waals surface area contributed by atoms with Crippen LogP contribution in [0.2, 0.25) is 5.02 Å². The van der Waals surface area contributed by atoms with E-state index in [4.69, 9.17) is 17.3 Å². The third-order valence-corrected chi connectivity index (χ3v) is 4.06. The summed E-state index contributed by atoms with van der Waals surface area (Å²) in [5.74, 6) is 0.723. The lowest BCUT2D eigenvalue weighted by atomic mass is 9.87. The number of aryl methyl sites for hydroxylation is 1. The van der Waals surface area contributed by atoms with Gasteiger partial charge in [0.15, 0.2) is 0 Å². The normalized spacial score (nSPS) is 16.8. The molecule has 18 heavy (non-hydrogen) atoms. The molecule has 0 amide bonds. The van der Waals surface area contributed by atoms with Gasteiger partial charge in [-0.3, -0.25) is 0 Å². The Bertz CT molecular complexity index is 613. The van der Waals surface area contributed by atoms with Crippen molar-refractivity contribution in [3.8, 4) is 5.69 Å². The second-order valence-corrected chi connectivity index (χ2v) is 5.86. The lowest BCUT2D eigenvalue weighted by Crippen LogP contribution is -2.15. The fourth-order valence-electron chi connectivity index (χ4n) is 2.75. The predicted molar refractivity (Wildman–Crippen MR) is 74.3 cm³/mol. The Morgan fingerprint density at radius 1 is 1.33 bits per heavy atom. The Kier molecular flexibility index (Phi) is 2.42. The molecule has 1 aromatic carbocycles. The number of benzene rings is 1. The van der Waals surface area contributed by atoms with Crippen LogP contribution < -0.4 is 5.73 Å². The molecule has 0 fully saturated rings. The van der Waals surface area contributed by atoms with E-state index in [-0.39, 0.29) is 5.41 Å². The monoisotopic (exact) mass is 261 g/mol. The van der Waals surface area contributed by atoms with Crippen LogP contribution in [0.5, 0.6) is 0 Å². The number of fused-ring (bicyclic) bond motifs is 1. The summed E-state index contributed by atoms with van der Waals surface area (Å²) in [5, 5.41) is 5.29. The van der Waals surface area contributed by atoms with Gasteiger partial charge in [-0.05, 0) is 30.4 Å². The number of anilines is 1. The van der Waals surface area contributed by atoms with Gasteiger partial charge < -0.3 is 5.73 Å². The number of rotatable bonds is 1. The maximum atomic E-state index is 6.27. The van der Waals surface area contributed by atoms with E-state index in [0.29, 0.717) is 5.02 Å². The van der Waals surface area contributed by atoms with Crippen molar-refractivity contribution < 1.29 is 0 Å². The minimum Gasteiger partial charge on any atom is -0.383 e. The number of nitrogen functional groups attached to an aromatic ring is 1. The fraction of sp³-hybridized carbons (Fsp3) is 0.357. The maximum absolute atomic E-state index is 6.27. The Hall–Kier alpha value is -1.48. The van der Waals surface area contributed by atoms with Crippen LogP contribution in [-0.4, -0.2) is 9.78 Å². The molecule has 0 saturated heterocycles. The zero-order chi connectivity index (χ0) is 12.9. The third kappa shape index (κ3) is 1.54. The van der Waals surface area contributed by atoms with Crippen molar-refractivity contribution in [3.63, 3.8) is 0 Å². The molecule has 1 aliphatic rings. The minimum absolute atomic E-state index is 0.110. The van der Waals surface area contributed by atoms with Crippen LogP contribution in [0.25, 0.3) is 5.69 Å². The van der Waals surface area contributed by atoms with E-state index in [2.05, 4.69) is 18.9 Å². The van der Waals surface area contributed by atoms with Crippen LogP contribution in [-0.2, 0) is 11.8 Å². The molecule has 94 valence electrons. The molecule has 0 bridgehead atoms. The molecular formula is C14H16ClN3. The van der Waals surface area contributed by atoms with Crippen molar-refractivity contribution in [2.45, 2.75) is 32.1 Å². The van der Waals surface area contributed by atoms with Gasteiger partial charge >= 0.3 is 0 Å². The van der Waals surface area contributed by atoms with Crippen LogP contribution in [0, 0.1) is 0 Å². The number of nitrogens with zero attached hydrogens (tertiary/aromatic N) is 2. The number of aromatic nitrogens is 2. The van der Waals surface area contributed by atoms with Crippen molar-refractivity contribution in [2.24, 2.45) is 0 Å². The van der Waals surface area contributed by atoms with Crippen molar-refractivity contribution in [1.29, 1.82) is 0 Å². The summed E-state index contributed by atoms with van der Waals surface area (Å²) in [6.45, 7) is 4.43. The summed E-state index contributed by atoms with van der Waals surface area (Å²) < 4.78 is 1.77. The number of hydrogen-bond donors (Lipinski definition) is 1. The van der Waals surface area contributed by atoms with Gasteiger partial charge in [-0.1, -0.05) is 37.6 Å². The highest BCUT2D eigenvalue weighted by atomic mass is 35.5. The topological polar surface area (TPSA) is 43.8 Å².